The number of benzene rings is 1. The van der Waals surface area contributed by atoms with Gasteiger partial charge in [-0.3, -0.25) is 4.79 Å². The van der Waals surface area contributed by atoms with Gasteiger partial charge < -0.3 is 14.5 Å². The van der Waals surface area contributed by atoms with E-state index in [0.29, 0.717) is 11.5 Å². The van der Waals surface area contributed by atoms with Crippen LogP contribution in [0.25, 0.3) is 11.3 Å². The summed E-state index contributed by atoms with van der Waals surface area (Å²) < 4.78 is 10.4. The molecule has 0 fully saturated rings. The Morgan fingerprint density at radius 1 is 1.06 bits per heavy atom. The molecule has 1 aromatic carbocycles. The Morgan fingerprint density at radius 2 is 1.88 bits per heavy atom. The molecule has 4 heteroatoms. The number of rotatable bonds is 3. The Morgan fingerprint density at radius 3 is 2.53 bits per heavy atom. The quantitative estimate of drug-likeness (QED) is 0.879. The molecule has 0 aliphatic carbocycles. The van der Waals surface area contributed by atoms with Crippen LogP contribution in [0.4, 0.5) is 0 Å². The second-order valence-corrected chi connectivity index (χ2v) is 3.49. The SMILES string of the molecule is COc1ccc(-c2cccc(=O)[nH]2)c(OC)c1. The lowest BCUT2D eigenvalue weighted by atomic mass is 10.1. The van der Waals surface area contributed by atoms with E-state index in [-0.39, 0.29) is 5.56 Å². The molecule has 0 atom stereocenters. The van der Waals surface area contributed by atoms with Gasteiger partial charge in [-0.1, -0.05) is 6.07 Å². The van der Waals surface area contributed by atoms with Crippen LogP contribution in [-0.4, -0.2) is 19.2 Å². The van der Waals surface area contributed by atoms with Gasteiger partial charge in [-0.05, 0) is 18.2 Å². The Balaban J connectivity index is 2.55. The van der Waals surface area contributed by atoms with E-state index in [9.17, 15) is 4.79 Å². The van der Waals surface area contributed by atoms with Gasteiger partial charge in [0.1, 0.15) is 11.5 Å². The maximum atomic E-state index is 11.3. The average molecular weight is 231 g/mol. The molecule has 0 amide bonds. The summed E-state index contributed by atoms with van der Waals surface area (Å²) in [6.45, 7) is 0. The van der Waals surface area contributed by atoms with Crippen molar-refractivity contribution in [1.82, 2.24) is 4.98 Å². The largest absolute Gasteiger partial charge is 0.497 e. The molecule has 17 heavy (non-hydrogen) atoms. The van der Waals surface area contributed by atoms with Gasteiger partial charge >= 0.3 is 0 Å². The fourth-order valence-electron chi connectivity index (χ4n) is 1.63. The molecule has 1 aromatic heterocycles. The second-order valence-electron chi connectivity index (χ2n) is 3.49. The predicted octanol–water partition coefficient (Wildman–Crippen LogP) is 2.06. The monoisotopic (exact) mass is 231 g/mol. The molecule has 88 valence electrons. The highest BCUT2D eigenvalue weighted by Gasteiger charge is 2.07. The van der Waals surface area contributed by atoms with Gasteiger partial charge in [0.25, 0.3) is 0 Å². The van der Waals surface area contributed by atoms with Crippen LogP contribution in [0.2, 0.25) is 0 Å². The van der Waals surface area contributed by atoms with E-state index in [2.05, 4.69) is 4.98 Å². The summed E-state index contributed by atoms with van der Waals surface area (Å²) in [5.74, 6) is 1.37. The number of H-pyrrole nitrogens is 1. The normalized spacial score (nSPS) is 10.0. The van der Waals surface area contributed by atoms with Crippen LogP contribution < -0.4 is 15.0 Å². The summed E-state index contributed by atoms with van der Waals surface area (Å²) in [7, 11) is 3.18. The molecule has 0 saturated carbocycles. The third-order valence-corrected chi connectivity index (χ3v) is 2.47. The molecule has 0 unspecified atom stereocenters. The van der Waals surface area contributed by atoms with Gasteiger partial charge in [0.2, 0.25) is 5.56 Å². The van der Waals surface area contributed by atoms with E-state index in [1.165, 1.54) is 6.07 Å². The van der Waals surface area contributed by atoms with Crippen LogP contribution >= 0.6 is 0 Å². The maximum Gasteiger partial charge on any atom is 0.248 e. The lowest BCUT2D eigenvalue weighted by Crippen LogP contribution is -2.04. The number of pyridine rings is 1. The van der Waals surface area contributed by atoms with Crippen LogP contribution in [-0.2, 0) is 0 Å². The molecule has 0 bridgehead atoms. The highest BCUT2D eigenvalue weighted by molar-refractivity contribution is 5.68. The van der Waals surface area contributed by atoms with Crippen molar-refractivity contribution in [3.63, 3.8) is 0 Å². The lowest BCUT2D eigenvalue weighted by molar-refractivity contribution is 0.395. The third-order valence-electron chi connectivity index (χ3n) is 2.47. The standard InChI is InChI=1S/C13H13NO3/c1-16-9-6-7-10(12(8-9)17-2)11-4-3-5-13(15)14-11/h3-8H,1-2H3,(H,14,15). The Bertz CT molecular complexity index is 575. The highest BCUT2D eigenvalue weighted by Crippen LogP contribution is 2.31. The first-order valence-corrected chi connectivity index (χ1v) is 5.16. The van der Waals surface area contributed by atoms with Gasteiger partial charge in [0, 0.05) is 17.7 Å². The lowest BCUT2D eigenvalue weighted by Gasteiger charge is -2.10. The fourth-order valence-corrected chi connectivity index (χ4v) is 1.63. The number of methoxy groups -OCH3 is 2. The molecular formula is C13H13NO3. The molecular weight excluding hydrogens is 218 g/mol. The fraction of sp³-hybridized carbons (Fsp3) is 0.154. The Kier molecular flexibility index (Phi) is 3.14. The number of aromatic nitrogens is 1. The zero-order valence-corrected chi connectivity index (χ0v) is 9.69. The molecule has 0 aliphatic heterocycles. The van der Waals surface area contributed by atoms with Crippen molar-refractivity contribution in [2.24, 2.45) is 0 Å². The first kappa shape index (κ1) is 11.3. The van der Waals surface area contributed by atoms with E-state index >= 15 is 0 Å². The molecule has 0 spiro atoms. The molecule has 0 radical (unpaired) electrons. The summed E-state index contributed by atoms with van der Waals surface area (Å²) in [6.07, 6.45) is 0. The smallest absolute Gasteiger partial charge is 0.248 e. The zero-order valence-electron chi connectivity index (χ0n) is 9.69. The van der Waals surface area contributed by atoms with Crippen LogP contribution in [0, 0.1) is 0 Å². The molecule has 1 N–H and O–H groups in total. The third kappa shape index (κ3) is 2.30. The summed E-state index contributed by atoms with van der Waals surface area (Å²) in [5.41, 5.74) is 1.41. The molecule has 2 rings (SSSR count). The minimum atomic E-state index is -0.139. The summed E-state index contributed by atoms with van der Waals surface area (Å²) in [5, 5.41) is 0. The van der Waals surface area contributed by atoms with Crippen LogP contribution in [0.15, 0.2) is 41.2 Å². The Hall–Kier alpha value is -2.23. The summed E-state index contributed by atoms with van der Waals surface area (Å²) >= 11 is 0. The van der Waals surface area contributed by atoms with E-state index in [1.54, 1.807) is 26.4 Å². The number of ether oxygens (including phenoxy) is 2. The topological polar surface area (TPSA) is 51.3 Å². The average Bonchev–Trinajstić information content (AvgIpc) is 2.38. The van der Waals surface area contributed by atoms with E-state index in [0.717, 1.165) is 11.3 Å². The van der Waals surface area contributed by atoms with Crippen molar-refractivity contribution in [2.75, 3.05) is 14.2 Å². The van der Waals surface area contributed by atoms with Crippen LogP contribution in [0.5, 0.6) is 11.5 Å². The number of hydrogen-bond acceptors (Lipinski definition) is 3. The molecule has 0 aliphatic rings. The van der Waals surface area contributed by atoms with Gasteiger partial charge in [-0.2, -0.15) is 0 Å². The van der Waals surface area contributed by atoms with Crippen molar-refractivity contribution < 1.29 is 9.47 Å². The molecule has 0 saturated heterocycles. The van der Waals surface area contributed by atoms with Crippen molar-refractivity contribution in [3.8, 4) is 22.8 Å². The van der Waals surface area contributed by atoms with Gasteiger partial charge in [0.05, 0.1) is 19.9 Å². The van der Waals surface area contributed by atoms with Crippen molar-refractivity contribution in [1.29, 1.82) is 0 Å². The van der Waals surface area contributed by atoms with Crippen LogP contribution in [0.3, 0.4) is 0 Å². The molecule has 4 nitrogen and oxygen atoms in total. The van der Waals surface area contributed by atoms with E-state index in [4.69, 9.17) is 9.47 Å². The van der Waals surface area contributed by atoms with Gasteiger partial charge in [0.15, 0.2) is 0 Å². The summed E-state index contributed by atoms with van der Waals surface area (Å²) in [6, 6.07) is 10.5. The van der Waals surface area contributed by atoms with E-state index in [1.807, 2.05) is 18.2 Å². The molecule has 1 heterocycles. The number of aromatic amines is 1. The minimum absolute atomic E-state index is 0.139. The van der Waals surface area contributed by atoms with Crippen molar-refractivity contribution >= 4 is 0 Å². The van der Waals surface area contributed by atoms with E-state index < -0.39 is 0 Å². The Labute approximate surface area is 98.8 Å². The van der Waals surface area contributed by atoms with Crippen LogP contribution in [0.1, 0.15) is 0 Å². The van der Waals surface area contributed by atoms with Gasteiger partial charge in [-0.25, -0.2) is 0 Å². The highest BCUT2D eigenvalue weighted by atomic mass is 16.5. The maximum absolute atomic E-state index is 11.3. The zero-order chi connectivity index (χ0) is 12.3. The first-order valence-electron chi connectivity index (χ1n) is 5.16. The first-order chi connectivity index (χ1) is 8.24. The number of hydrogen-bond donors (Lipinski definition) is 1. The number of nitrogens with one attached hydrogen (secondary N) is 1. The van der Waals surface area contributed by atoms with Crippen molar-refractivity contribution in [2.45, 2.75) is 0 Å². The minimum Gasteiger partial charge on any atom is -0.497 e. The van der Waals surface area contributed by atoms with Gasteiger partial charge in [-0.15, -0.1) is 0 Å². The summed E-state index contributed by atoms with van der Waals surface area (Å²) in [4.78, 5) is 14.0. The molecule has 2 aromatic rings. The van der Waals surface area contributed by atoms with Crippen molar-refractivity contribution in [3.05, 3.63) is 46.8 Å². The second kappa shape index (κ2) is 4.74. The predicted molar refractivity (Wildman–Crippen MR) is 65.6 cm³/mol.